The lowest BCUT2D eigenvalue weighted by atomic mass is 10.2. The second-order valence-corrected chi connectivity index (χ2v) is 5.19. The number of piperidine rings is 1. The molecule has 0 radical (unpaired) electrons. The van der Waals surface area contributed by atoms with Gasteiger partial charge in [0.05, 0.1) is 6.04 Å². The fourth-order valence-electron chi connectivity index (χ4n) is 2.31. The van der Waals surface area contributed by atoms with Crippen LogP contribution < -0.4 is 10.6 Å². The summed E-state index contributed by atoms with van der Waals surface area (Å²) < 4.78 is 0.731. The molecule has 4 nitrogen and oxygen atoms in total. The van der Waals surface area contributed by atoms with E-state index < -0.39 is 0 Å². The van der Waals surface area contributed by atoms with Crippen molar-refractivity contribution >= 4 is 27.7 Å². The third kappa shape index (κ3) is 1.85. The molecule has 0 aromatic carbocycles. The fraction of sp³-hybridized carbons (Fsp3) is 0.455. The normalized spacial score (nSPS) is 30.9. The molecular formula is C11H12BrN3O. The highest BCUT2D eigenvalue weighted by atomic mass is 79.9. The predicted molar refractivity (Wildman–Crippen MR) is 64.0 cm³/mol. The van der Waals surface area contributed by atoms with Gasteiger partial charge in [-0.25, -0.2) is 4.98 Å². The first kappa shape index (κ1) is 10.2. The number of rotatable bonds is 2. The average Bonchev–Trinajstić information content (AvgIpc) is 2.89. The van der Waals surface area contributed by atoms with Crippen LogP contribution in [0.15, 0.2) is 22.8 Å². The Morgan fingerprint density at radius 2 is 2.44 bits per heavy atom. The zero-order valence-electron chi connectivity index (χ0n) is 8.61. The van der Waals surface area contributed by atoms with Crippen LogP contribution in [-0.2, 0) is 4.79 Å². The van der Waals surface area contributed by atoms with Gasteiger partial charge in [-0.3, -0.25) is 4.79 Å². The first-order valence-electron chi connectivity index (χ1n) is 5.41. The standard InChI is InChI=1S/C11H12BrN3O/c12-8-2-1-3-9(14-8)15-11(16)10-7-4-6(7)5-13-10/h1-3,6-7,10,13H,4-5H2,(H,14,15,16)/t6-,7-,10+/m0/s1. The molecule has 0 spiro atoms. The Morgan fingerprint density at radius 3 is 3.06 bits per heavy atom. The Balaban J connectivity index is 1.68. The van der Waals surface area contributed by atoms with Crippen LogP contribution in [0.3, 0.4) is 0 Å². The highest BCUT2D eigenvalue weighted by molar-refractivity contribution is 9.10. The van der Waals surface area contributed by atoms with Crippen molar-refractivity contribution in [3.8, 4) is 0 Å². The van der Waals surface area contributed by atoms with Crippen molar-refractivity contribution in [2.75, 3.05) is 11.9 Å². The average molecular weight is 282 g/mol. The van der Waals surface area contributed by atoms with E-state index in [2.05, 4.69) is 31.5 Å². The van der Waals surface area contributed by atoms with Gasteiger partial charge in [0, 0.05) is 0 Å². The molecule has 84 valence electrons. The number of nitrogens with zero attached hydrogens (tertiary/aromatic N) is 1. The highest BCUT2D eigenvalue weighted by Crippen LogP contribution is 2.45. The molecule has 1 saturated heterocycles. The third-order valence-corrected chi connectivity index (χ3v) is 3.70. The van der Waals surface area contributed by atoms with E-state index in [0.717, 1.165) is 17.1 Å². The van der Waals surface area contributed by atoms with E-state index in [-0.39, 0.29) is 11.9 Å². The number of hydrogen-bond acceptors (Lipinski definition) is 3. The van der Waals surface area contributed by atoms with Gasteiger partial charge in [0.1, 0.15) is 10.4 Å². The number of aromatic nitrogens is 1. The topological polar surface area (TPSA) is 54.0 Å². The predicted octanol–water partition coefficient (Wildman–Crippen LogP) is 1.39. The van der Waals surface area contributed by atoms with Crippen LogP contribution in [0.5, 0.6) is 0 Å². The molecule has 0 bridgehead atoms. The molecule has 1 aromatic heterocycles. The minimum Gasteiger partial charge on any atom is -0.309 e. The number of amides is 1. The SMILES string of the molecule is O=C(Nc1cccc(Br)n1)[C@@H]1NC[C@@H]2C[C@@H]21. The Morgan fingerprint density at radius 1 is 1.56 bits per heavy atom. The Bertz CT molecular complexity index is 437. The van der Waals surface area contributed by atoms with Gasteiger partial charge in [0.15, 0.2) is 0 Å². The molecule has 3 atom stereocenters. The summed E-state index contributed by atoms with van der Waals surface area (Å²) >= 11 is 3.28. The second-order valence-electron chi connectivity index (χ2n) is 4.38. The van der Waals surface area contributed by atoms with E-state index in [1.807, 2.05) is 12.1 Å². The molecule has 16 heavy (non-hydrogen) atoms. The Kier molecular flexibility index (Phi) is 2.44. The van der Waals surface area contributed by atoms with Gasteiger partial charge < -0.3 is 10.6 Å². The van der Waals surface area contributed by atoms with Crippen molar-refractivity contribution < 1.29 is 4.79 Å². The maximum atomic E-state index is 11.9. The molecule has 2 aliphatic rings. The lowest BCUT2D eigenvalue weighted by molar-refractivity contribution is -0.118. The van der Waals surface area contributed by atoms with Crippen LogP contribution in [0, 0.1) is 11.8 Å². The van der Waals surface area contributed by atoms with E-state index >= 15 is 0 Å². The molecule has 2 N–H and O–H groups in total. The molecule has 1 aliphatic carbocycles. The molecule has 5 heteroatoms. The van der Waals surface area contributed by atoms with E-state index in [9.17, 15) is 4.79 Å². The number of nitrogens with one attached hydrogen (secondary N) is 2. The number of carbonyl (C=O) groups is 1. The molecule has 1 aromatic rings. The van der Waals surface area contributed by atoms with Gasteiger partial charge >= 0.3 is 0 Å². The van der Waals surface area contributed by atoms with Crippen molar-refractivity contribution in [3.05, 3.63) is 22.8 Å². The van der Waals surface area contributed by atoms with Crippen molar-refractivity contribution in [1.29, 1.82) is 0 Å². The number of anilines is 1. The summed E-state index contributed by atoms with van der Waals surface area (Å²) in [5, 5.41) is 6.08. The fourth-order valence-corrected chi connectivity index (χ4v) is 2.66. The minimum atomic E-state index is -0.0224. The summed E-state index contributed by atoms with van der Waals surface area (Å²) in [5.74, 6) is 1.92. The molecular weight excluding hydrogens is 270 g/mol. The van der Waals surface area contributed by atoms with Crippen LogP contribution >= 0.6 is 15.9 Å². The molecule has 3 rings (SSSR count). The molecule has 0 unspecified atom stereocenters. The zero-order valence-corrected chi connectivity index (χ0v) is 10.2. The molecule has 1 aliphatic heterocycles. The summed E-state index contributed by atoms with van der Waals surface area (Å²) in [6, 6.07) is 5.46. The van der Waals surface area contributed by atoms with E-state index in [0.29, 0.717) is 11.7 Å². The lowest BCUT2D eigenvalue weighted by Crippen LogP contribution is -2.39. The number of hydrogen-bond donors (Lipinski definition) is 2. The minimum absolute atomic E-state index is 0.0224. The van der Waals surface area contributed by atoms with Crippen molar-refractivity contribution in [1.82, 2.24) is 10.3 Å². The van der Waals surface area contributed by atoms with Crippen molar-refractivity contribution in [3.63, 3.8) is 0 Å². The summed E-state index contributed by atoms with van der Waals surface area (Å²) in [7, 11) is 0. The number of halogens is 1. The molecule has 1 amide bonds. The van der Waals surface area contributed by atoms with Crippen LogP contribution in [0.4, 0.5) is 5.82 Å². The smallest absolute Gasteiger partial charge is 0.242 e. The van der Waals surface area contributed by atoms with Gasteiger partial charge in [-0.2, -0.15) is 0 Å². The largest absolute Gasteiger partial charge is 0.309 e. The second kappa shape index (κ2) is 3.82. The summed E-state index contributed by atoms with van der Waals surface area (Å²) in [6.45, 7) is 0.981. The number of fused-ring (bicyclic) bond motifs is 1. The third-order valence-electron chi connectivity index (χ3n) is 3.25. The molecule has 2 heterocycles. The first-order valence-corrected chi connectivity index (χ1v) is 6.20. The Hall–Kier alpha value is -0.940. The number of carbonyl (C=O) groups excluding carboxylic acids is 1. The quantitative estimate of drug-likeness (QED) is 0.806. The van der Waals surface area contributed by atoms with Gasteiger partial charge in [-0.15, -0.1) is 0 Å². The van der Waals surface area contributed by atoms with Crippen molar-refractivity contribution in [2.45, 2.75) is 12.5 Å². The van der Waals surface area contributed by atoms with Crippen LogP contribution in [0.2, 0.25) is 0 Å². The van der Waals surface area contributed by atoms with E-state index in [1.165, 1.54) is 6.42 Å². The molecule has 2 fully saturated rings. The first-order chi connectivity index (χ1) is 7.74. The Labute approximate surface area is 102 Å². The van der Waals surface area contributed by atoms with Gasteiger partial charge in [-0.1, -0.05) is 6.07 Å². The zero-order chi connectivity index (χ0) is 11.1. The van der Waals surface area contributed by atoms with Crippen LogP contribution in [-0.4, -0.2) is 23.5 Å². The van der Waals surface area contributed by atoms with Crippen LogP contribution in [0.1, 0.15) is 6.42 Å². The summed E-state index contributed by atoms with van der Waals surface area (Å²) in [6.07, 6.45) is 1.19. The van der Waals surface area contributed by atoms with Crippen molar-refractivity contribution in [2.24, 2.45) is 11.8 Å². The van der Waals surface area contributed by atoms with Gasteiger partial charge in [0.25, 0.3) is 0 Å². The van der Waals surface area contributed by atoms with Gasteiger partial charge in [0.2, 0.25) is 5.91 Å². The van der Waals surface area contributed by atoms with Crippen LogP contribution in [0.25, 0.3) is 0 Å². The monoisotopic (exact) mass is 281 g/mol. The van der Waals surface area contributed by atoms with Gasteiger partial charge in [-0.05, 0) is 52.9 Å². The van der Waals surface area contributed by atoms with E-state index in [4.69, 9.17) is 0 Å². The summed E-state index contributed by atoms with van der Waals surface area (Å²) in [4.78, 5) is 16.1. The maximum Gasteiger partial charge on any atom is 0.242 e. The maximum absolute atomic E-state index is 11.9. The number of pyridine rings is 1. The summed E-state index contributed by atoms with van der Waals surface area (Å²) in [5.41, 5.74) is 0. The highest BCUT2D eigenvalue weighted by Gasteiger charge is 2.50. The molecule has 1 saturated carbocycles. The van der Waals surface area contributed by atoms with E-state index in [1.54, 1.807) is 6.07 Å². The lowest BCUT2D eigenvalue weighted by Gasteiger charge is -2.12.